The molecule has 0 aromatic rings. The van der Waals surface area contributed by atoms with Gasteiger partial charge in [0.05, 0.1) is 0 Å². The van der Waals surface area contributed by atoms with E-state index in [9.17, 15) is 4.79 Å². The van der Waals surface area contributed by atoms with Crippen molar-refractivity contribution in [2.75, 3.05) is 19.7 Å². The summed E-state index contributed by atoms with van der Waals surface area (Å²) in [5.41, 5.74) is 0.0734. The van der Waals surface area contributed by atoms with Gasteiger partial charge in [0.1, 0.15) is 6.61 Å². The average Bonchev–Trinajstić information content (AvgIpc) is 1.96. The van der Waals surface area contributed by atoms with Gasteiger partial charge in [-0.25, -0.2) is 0 Å². The first-order valence-electron chi connectivity index (χ1n) is 4.08. The molecule has 0 unspecified atom stereocenters. The third-order valence-corrected chi connectivity index (χ3v) is 1.25. The molecule has 0 aromatic heterocycles. The van der Waals surface area contributed by atoms with Crippen LogP contribution in [0.15, 0.2) is 0 Å². The zero-order valence-electron chi connectivity index (χ0n) is 7.98. The molecule has 0 rings (SSSR count). The molecule has 0 aliphatic heterocycles. The Bertz CT molecular complexity index is 140. The van der Waals surface area contributed by atoms with Gasteiger partial charge in [0.25, 0.3) is 0 Å². The molecule has 0 saturated heterocycles. The normalized spacial score (nSPS) is 11.3. The average molecular weight is 174 g/mol. The van der Waals surface area contributed by atoms with Crippen molar-refractivity contribution in [2.24, 2.45) is 0 Å². The predicted octanol–water partition coefficient (Wildman–Crippen LogP) is -0.517. The Morgan fingerprint density at radius 3 is 2.33 bits per heavy atom. The van der Waals surface area contributed by atoms with Crippen LogP contribution in [0.4, 0.5) is 0 Å². The highest BCUT2D eigenvalue weighted by atomic mass is 16.3. The molecule has 0 aliphatic rings. The lowest BCUT2D eigenvalue weighted by Crippen LogP contribution is -2.41. The molecule has 0 radical (unpaired) electrons. The van der Waals surface area contributed by atoms with E-state index in [0.717, 1.165) is 6.54 Å². The van der Waals surface area contributed by atoms with Gasteiger partial charge >= 0.3 is 0 Å². The van der Waals surface area contributed by atoms with Crippen LogP contribution in [0.3, 0.4) is 0 Å². The summed E-state index contributed by atoms with van der Waals surface area (Å²) in [4.78, 5) is 10.5. The van der Waals surface area contributed by atoms with Gasteiger partial charge < -0.3 is 15.7 Å². The molecule has 0 fully saturated rings. The minimum atomic E-state index is -0.435. The number of amides is 1. The van der Waals surface area contributed by atoms with Gasteiger partial charge in [0, 0.05) is 18.6 Å². The predicted molar refractivity (Wildman–Crippen MR) is 47.9 cm³/mol. The molecule has 4 nitrogen and oxygen atoms in total. The number of hydrogen-bond donors (Lipinski definition) is 3. The lowest BCUT2D eigenvalue weighted by Gasteiger charge is -2.20. The maximum Gasteiger partial charge on any atom is 0.245 e. The molecule has 0 spiro atoms. The molecule has 4 heteroatoms. The smallest absolute Gasteiger partial charge is 0.245 e. The Kier molecular flexibility index (Phi) is 4.85. The molecule has 72 valence electrons. The first-order chi connectivity index (χ1) is 5.45. The number of aliphatic hydroxyl groups excluding tert-OH is 1. The van der Waals surface area contributed by atoms with E-state index in [0.29, 0.717) is 6.54 Å². The largest absolute Gasteiger partial charge is 0.387 e. The molecule has 0 atom stereocenters. The van der Waals surface area contributed by atoms with Crippen molar-refractivity contribution < 1.29 is 9.90 Å². The minimum Gasteiger partial charge on any atom is -0.387 e. The van der Waals surface area contributed by atoms with Crippen molar-refractivity contribution >= 4 is 5.91 Å². The van der Waals surface area contributed by atoms with Crippen molar-refractivity contribution in [1.29, 1.82) is 0 Å². The van der Waals surface area contributed by atoms with Gasteiger partial charge in [-0.2, -0.15) is 0 Å². The van der Waals surface area contributed by atoms with Crippen molar-refractivity contribution in [3.8, 4) is 0 Å². The lowest BCUT2D eigenvalue weighted by molar-refractivity contribution is -0.123. The second kappa shape index (κ2) is 5.11. The van der Waals surface area contributed by atoms with Crippen LogP contribution in [0, 0.1) is 0 Å². The Labute approximate surface area is 73.3 Å². The van der Waals surface area contributed by atoms with Gasteiger partial charge in [-0.3, -0.25) is 4.79 Å². The van der Waals surface area contributed by atoms with Crippen LogP contribution >= 0.6 is 0 Å². The van der Waals surface area contributed by atoms with E-state index in [-0.39, 0.29) is 11.4 Å². The third-order valence-electron chi connectivity index (χ3n) is 1.25. The molecule has 0 bridgehead atoms. The monoisotopic (exact) mass is 174 g/mol. The fourth-order valence-corrected chi connectivity index (χ4v) is 0.695. The minimum absolute atomic E-state index is 0.0734. The SMILES string of the molecule is CC(C)(C)NCCNC(=O)CO. The van der Waals surface area contributed by atoms with E-state index >= 15 is 0 Å². The van der Waals surface area contributed by atoms with Crippen LogP contribution in [-0.4, -0.2) is 36.2 Å². The van der Waals surface area contributed by atoms with Gasteiger partial charge in [-0.05, 0) is 20.8 Å². The van der Waals surface area contributed by atoms with Crippen molar-refractivity contribution in [3.63, 3.8) is 0 Å². The molecule has 12 heavy (non-hydrogen) atoms. The van der Waals surface area contributed by atoms with Crippen LogP contribution in [-0.2, 0) is 4.79 Å². The van der Waals surface area contributed by atoms with Gasteiger partial charge in [-0.15, -0.1) is 0 Å². The first-order valence-corrected chi connectivity index (χ1v) is 4.08. The fraction of sp³-hybridized carbons (Fsp3) is 0.875. The Morgan fingerprint density at radius 2 is 1.92 bits per heavy atom. The van der Waals surface area contributed by atoms with E-state index in [1.54, 1.807) is 0 Å². The van der Waals surface area contributed by atoms with E-state index in [1.807, 2.05) is 0 Å². The summed E-state index contributed by atoms with van der Waals surface area (Å²) in [5.74, 6) is -0.328. The summed E-state index contributed by atoms with van der Waals surface area (Å²) in [6.07, 6.45) is 0. The van der Waals surface area contributed by atoms with Crippen LogP contribution in [0.1, 0.15) is 20.8 Å². The molecule has 0 aliphatic carbocycles. The molecule has 1 amide bonds. The first kappa shape index (κ1) is 11.4. The summed E-state index contributed by atoms with van der Waals surface area (Å²) in [6.45, 7) is 7.00. The Hall–Kier alpha value is -0.610. The lowest BCUT2D eigenvalue weighted by atomic mass is 10.1. The highest BCUT2D eigenvalue weighted by Gasteiger charge is 2.07. The molecule has 0 saturated carbocycles. The van der Waals surface area contributed by atoms with Gasteiger partial charge in [0.15, 0.2) is 0 Å². The molecule has 0 aromatic carbocycles. The zero-order valence-corrected chi connectivity index (χ0v) is 7.98. The Balaban J connectivity index is 3.28. The highest BCUT2D eigenvalue weighted by Crippen LogP contribution is 1.96. The summed E-state index contributed by atoms with van der Waals surface area (Å²) < 4.78 is 0. The van der Waals surface area contributed by atoms with E-state index in [2.05, 4.69) is 31.4 Å². The molecular formula is C8H18N2O2. The van der Waals surface area contributed by atoms with Crippen LogP contribution < -0.4 is 10.6 Å². The number of carbonyl (C=O) groups excluding carboxylic acids is 1. The van der Waals surface area contributed by atoms with Crippen LogP contribution in [0.25, 0.3) is 0 Å². The molecule has 0 heterocycles. The second-order valence-electron chi connectivity index (χ2n) is 3.68. The number of hydrogen-bond acceptors (Lipinski definition) is 3. The number of carbonyl (C=O) groups is 1. The Morgan fingerprint density at radius 1 is 1.33 bits per heavy atom. The maximum atomic E-state index is 10.5. The van der Waals surface area contributed by atoms with Gasteiger partial charge in [0.2, 0.25) is 5.91 Å². The fourth-order valence-electron chi connectivity index (χ4n) is 0.695. The van der Waals surface area contributed by atoms with Crippen LogP contribution in [0.5, 0.6) is 0 Å². The number of aliphatic hydroxyl groups is 1. The quantitative estimate of drug-likeness (QED) is 0.503. The van der Waals surface area contributed by atoms with Crippen LogP contribution in [0.2, 0.25) is 0 Å². The number of rotatable bonds is 4. The van der Waals surface area contributed by atoms with Crippen molar-refractivity contribution in [2.45, 2.75) is 26.3 Å². The summed E-state index contributed by atoms with van der Waals surface area (Å²) in [5, 5.41) is 14.1. The molecule has 3 N–H and O–H groups in total. The zero-order chi connectivity index (χ0) is 9.61. The van der Waals surface area contributed by atoms with E-state index < -0.39 is 6.61 Å². The van der Waals surface area contributed by atoms with E-state index in [4.69, 9.17) is 5.11 Å². The van der Waals surface area contributed by atoms with Gasteiger partial charge in [-0.1, -0.05) is 0 Å². The van der Waals surface area contributed by atoms with Crippen molar-refractivity contribution in [3.05, 3.63) is 0 Å². The molecular weight excluding hydrogens is 156 g/mol. The summed E-state index contributed by atoms with van der Waals surface area (Å²) in [6, 6.07) is 0. The third kappa shape index (κ3) is 7.50. The number of nitrogens with one attached hydrogen (secondary N) is 2. The maximum absolute atomic E-state index is 10.5. The second-order valence-corrected chi connectivity index (χ2v) is 3.68. The topological polar surface area (TPSA) is 61.4 Å². The highest BCUT2D eigenvalue weighted by molar-refractivity contribution is 5.76. The summed E-state index contributed by atoms with van der Waals surface area (Å²) >= 11 is 0. The van der Waals surface area contributed by atoms with E-state index in [1.165, 1.54) is 0 Å². The summed E-state index contributed by atoms with van der Waals surface area (Å²) in [7, 11) is 0. The van der Waals surface area contributed by atoms with Crippen molar-refractivity contribution in [1.82, 2.24) is 10.6 Å². The standard InChI is InChI=1S/C8H18N2O2/c1-8(2,3)10-5-4-9-7(12)6-11/h10-11H,4-6H2,1-3H3,(H,9,12).